The van der Waals surface area contributed by atoms with E-state index in [1.165, 1.54) is 0 Å². The summed E-state index contributed by atoms with van der Waals surface area (Å²) in [4.78, 5) is 16.1. The summed E-state index contributed by atoms with van der Waals surface area (Å²) in [5.74, 6) is 2.68. The van der Waals surface area contributed by atoms with Crippen LogP contribution >= 0.6 is 11.6 Å². The molecule has 0 radical (unpaired) electrons. The monoisotopic (exact) mass is 340 g/mol. The number of hydrogen-bond acceptors (Lipinski definition) is 4. The molecule has 0 saturated carbocycles. The lowest BCUT2D eigenvalue weighted by molar-refractivity contribution is 0.176. The molecule has 1 heterocycles. The maximum absolute atomic E-state index is 11.6. The number of amides is 1. The van der Waals surface area contributed by atoms with Gasteiger partial charge in [0.1, 0.15) is 5.52 Å². The molecular formula is C18H13ClN2O3. The number of halogens is 1. The third-order valence-corrected chi connectivity index (χ3v) is 3.59. The minimum absolute atomic E-state index is 0.0869. The van der Waals surface area contributed by atoms with Crippen LogP contribution in [0.1, 0.15) is 5.56 Å². The molecule has 0 fully saturated rings. The van der Waals surface area contributed by atoms with E-state index in [9.17, 15) is 4.79 Å². The number of rotatable bonds is 3. The third-order valence-electron chi connectivity index (χ3n) is 3.35. The predicted octanol–water partition coefficient (Wildman–Crippen LogP) is 4.64. The molecule has 3 rings (SSSR count). The Labute approximate surface area is 143 Å². The summed E-state index contributed by atoms with van der Waals surface area (Å²) in [6.07, 6.45) is 4.43. The van der Waals surface area contributed by atoms with Crippen molar-refractivity contribution in [3.05, 3.63) is 47.0 Å². The molecule has 0 aliphatic rings. The molecule has 0 saturated heterocycles. The lowest BCUT2D eigenvalue weighted by Crippen LogP contribution is -2.13. The summed E-state index contributed by atoms with van der Waals surface area (Å²) in [5.41, 5.74) is 3.58. The molecule has 1 N–H and O–H groups in total. The number of aryl methyl sites for hydroxylation is 1. The highest BCUT2D eigenvalue weighted by molar-refractivity contribution is 6.31. The van der Waals surface area contributed by atoms with E-state index in [1.807, 2.05) is 13.0 Å². The van der Waals surface area contributed by atoms with Crippen molar-refractivity contribution < 1.29 is 13.9 Å². The van der Waals surface area contributed by atoms with Crippen LogP contribution in [0, 0.1) is 19.3 Å². The first kappa shape index (κ1) is 15.9. The highest BCUT2D eigenvalue weighted by Gasteiger charge is 2.13. The minimum Gasteiger partial charge on any atom is -0.436 e. The average molecular weight is 341 g/mol. The molecule has 0 aliphatic carbocycles. The number of anilines is 1. The number of carbonyl (C=O) groups is 1. The number of nitrogens with zero attached hydrogens (tertiary/aromatic N) is 1. The highest BCUT2D eigenvalue weighted by Crippen LogP contribution is 2.30. The van der Waals surface area contributed by atoms with Crippen molar-refractivity contribution in [2.45, 2.75) is 6.92 Å². The second-order valence-electron chi connectivity index (χ2n) is 5.07. The Morgan fingerprint density at radius 1 is 1.38 bits per heavy atom. The molecule has 2 aromatic carbocycles. The zero-order valence-corrected chi connectivity index (χ0v) is 13.6. The standard InChI is InChI=1S/C18H13ClN2O3/c1-3-8-23-18(22)20-13-6-4-11(2)14(10-13)17-21-15-9-12(19)5-7-16(15)24-17/h1,4-7,9-10H,8H2,2H3,(H,20,22). The SMILES string of the molecule is C#CCOC(=O)Nc1ccc(C)c(-c2nc3cc(Cl)ccc3o2)c1. The number of ether oxygens (including phenoxy) is 1. The van der Waals surface area contributed by atoms with Gasteiger partial charge < -0.3 is 9.15 Å². The van der Waals surface area contributed by atoms with E-state index in [2.05, 4.69) is 16.2 Å². The zero-order chi connectivity index (χ0) is 17.1. The van der Waals surface area contributed by atoms with Gasteiger partial charge in [-0.05, 0) is 42.8 Å². The summed E-state index contributed by atoms with van der Waals surface area (Å²) in [6, 6.07) is 10.6. The van der Waals surface area contributed by atoms with Crippen LogP contribution in [0.25, 0.3) is 22.6 Å². The summed E-state index contributed by atoms with van der Waals surface area (Å²) >= 11 is 5.97. The predicted molar refractivity (Wildman–Crippen MR) is 93.0 cm³/mol. The smallest absolute Gasteiger partial charge is 0.412 e. The second-order valence-corrected chi connectivity index (χ2v) is 5.50. The fourth-order valence-electron chi connectivity index (χ4n) is 2.21. The number of fused-ring (bicyclic) bond motifs is 1. The largest absolute Gasteiger partial charge is 0.436 e. The number of carbonyl (C=O) groups excluding carboxylic acids is 1. The lowest BCUT2D eigenvalue weighted by atomic mass is 10.1. The van der Waals surface area contributed by atoms with Crippen molar-refractivity contribution in [2.75, 3.05) is 11.9 Å². The molecule has 3 aromatic rings. The van der Waals surface area contributed by atoms with Crippen LogP contribution < -0.4 is 5.32 Å². The van der Waals surface area contributed by atoms with Crippen molar-refractivity contribution in [3.8, 4) is 23.8 Å². The van der Waals surface area contributed by atoms with Gasteiger partial charge in [0.25, 0.3) is 0 Å². The van der Waals surface area contributed by atoms with Crippen LogP contribution in [-0.2, 0) is 4.74 Å². The number of hydrogen-bond donors (Lipinski definition) is 1. The molecule has 0 spiro atoms. The second kappa shape index (κ2) is 6.65. The number of nitrogens with one attached hydrogen (secondary N) is 1. The van der Waals surface area contributed by atoms with Crippen LogP contribution in [-0.4, -0.2) is 17.7 Å². The van der Waals surface area contributed by atoms with Gasteiger partial charge in [-0.3, -0.25) is 5.32 Å². The van der Waals surface area contributed by atoms with Crippen LogP contribution in [0.2, 0.25) is 5.02 Å². The van der Waals surface area contributed by atoms with Gasteiger partial charge in [0.05, 0.1) is 0 Å². The van der Waals surface area contributed by atoms with E-state index in [4.69, 9.17) is 27.2 Å². The first-order valence-electron chi connectivity index (χ1n) is 7.11. The molecule has 1 aromatic heterocycles. The Hall–Kier alpha value is -2.97. The molecule has 120 valence electrons. The van der Waals surface area contributed by atoms with E-state index >= 15 is 0 Å². The Morgan fingerprint density at radius 2 is 2.21 bits per heavy atom. The number of oxazole rings is 1. The molecule has 6 heteroatoms. The summed E-state index contributed by atoms with van der Waals surface area (Å²) in [7, 11) is 0. The van der Waals surface area contributed by atoms with E-state index < -0.39 is 6.09 Å². The Morgan fingerprint density at radius 3 is 3.00 bits per heavy atom. The lowest BCUT2D eigenvalue weighted by Gasteiger charge is -2.07. The van der Waals surface area contributed by atoms with Gasteiger partial charge in [-0.1, -0.05) is 23.6 Å². The summed E-state index contributed by atoms with van der Waals surface area (Å²) in [6.45, 7) is 1.84. The van der Waals surface area contributed by atoms with Crippen LogP contribution in [0.15, 0.2) is 40.8 Å². The van der Waals surface area contributed by atoms with Crippen LogP contribution in [0.4, 0.5) is 10.5 Å². The number of aromatic nitrogens is 1. The minimum atomic E-state index is -0.618. The molecule has 0 aliphatic heterocycles. The van der Waals surface area contributed by atoms with Gasteiger partial charge >= 0.3 is 6.09 Å². The normalized spacial score (nSPS) is 10.4. The molecule has 0 unspecified atom stereocenters. The molecule has 5 nitrogen and oxygen atoms in total. The molecule has 1 amide bonds. The maximum atomic E-state index is 11.6. The van der Waals surface area contributed by atoms with Crippen molar-refractivity contribution in [3.63, 3.8) is 0 Å². The zero-order valence-electron chi connectivity index (χ0n) is 12.8. The van der Waals surface area contributed by atoms with E-state index in [0.717, 1.165) is 11.1 Å². The maximum Gasteiger partial charge on any atom is 0.412 e. The summed E-state index contributed by atoms with van der Waals surface area (Å²) in [5, 5.41) is 3.20. The average Bonchev–Trinajstić information content (AvgIpc) is 2.97. The van der Waals surface area contributed by atoms with Crippen molar-refractivity contribution in [2.24, 2.45) is 0 Å². The van der Waals surface area contributed by atoms with E-state index in [0.29, 0.717) is 27.7 Å². The first-order chi connectivity index (χ1) is 11.6. The quantitative estimate of drug-likeness (QED) is 0.705. The summed E-state index contributed by atoms with van der Waals surface area (Å²) < 4.78 is 10.6. The highest BCUT2D eigenvalue weighted by atomic mass is 35.5. The molecule has 0 atom stereocenters. The van der Waals surface area contributed by atoms with Gasteiger partial charge in [0.2, 0.25) is 5.89 Å². The number of benzene rings is 2. The van der Waals surface area contributed by atoms with Gasteiger partial charge in [-0.2, -0.15) is 0 Å². The number of terminal acetylenes is 1. The van der Waals surface area contributed by atoms with Crippen molar-refractivity contribution >= 4 is 34.5 Å². The van der Waals surface area contributed by atoms with Gasteiger partial charge in [0, 0.05) is 16.3 Å². The van der Waals surface area contributed by atoms with Crippen molar-refractivity contribution in [1.82, 2.24) is 4.98 Å². The van der Waals surface area contributed by atoms with Gasteiger partial charge in [-0.15, -0.1) is 6.42 Å². The fourth-order valence-corrected chi connectivity index (χ4v) is 2.37. The first-order valence-corrected chi connectivity index (χ1v) is 7.49. The van der Waals surface area contributed by atoms with Crippen LogP contribution in [0.5, 0.6) is 0 Å². The topological polar surface area (TPSA) is 64.4 Å². The Kier molecular flexibility index (Phi) is 4.41. The molecular weight excluding hydrogens is 328 g/mol. The van der Waals surface area contributed by atoms with Gasteiger partial charge in [0.15, 0.2) is 12.2 Å². The third kappa shape index (κ3) is 3.34. The fraction of sp³-hybridized carbons (Fsp3) is 0.111. The van der Waals surface area contributed by atoms with E-state index in [-0.39, 0.29) is 6.61 Å². The Bertz CT molecular complexity index is 957. The van der Waals surface area contributed by atoms with Crippen LogP contribution in [0.3, 0.4) is 0 Å². The van der Waals surface area contributed by atoms with Crippen molar-refractivity contribution in [1.29, 1.82) is 0 Å². The van der Waals surface area contributed by atoms with E-state index in [1.54, 1.807) is 30.3 Å². The van der Waals surface area contributed by atoms with Gasteiger partial charge in [-0.25, -0.2) is 9.78 Å². The molecule has 24 heavy (non-hydrogen) atoms. The molecule has 0 bridgehead atoms. The Balaban J connectivity index is 1.93.